The highest BCUT2D eigenvalue weighted by Crippen LogP contribution is 2.26. The minimum atomic E-state index is -0.0187. The lowest BCUT2D eigenvalue weighted by atomic mass is 9.95. The Morgan fingerprint density at radius 1 is 1.60 bits per heavy atom. The summed E-state index contributed by atoms with van der Waals surface area (Å²) in [5.41, 5.74) is -0.0187. The van der Waals surface area contributed by atoms with Crippen molar-refractivity contribution in [3.8, 4) is 0 Å². The standard InChI is InChI=1S/C10H14BrN3O/c1-10(3-2-4-15-6-10)14-9-8(11)5-12-7-13-9/h5,7H,2-4,6H2,1H3,(H,12,13,14). The molecule has 0 bridgehead atoms. The molecule has 1 aliphatic rings. The van der Waals surface area contributed by atoms with Gasteiger partial charge in [0.2, 0.25) is 0 Å². The molecule has 0 aliphatic carbocycles. The molecule has 0 radical (unpaired) electrons. The van der Waals surface area contributed by atoms with Crippen molar-refractivity contribution < 1.29 is 4.74 Å². The number of nitrogens with one attached hydrogen (secondary N) is 1. The summed E-state index contributed by atoms with van der Waals surface area (Å²) >= 11 is 3.42. The van der Waals surface area contributed by atoms with Crippen molar-refractivity contribution >= 4 is 21.7 Å². The maximum absolute atomic E-state index is 5.48. The van der Waals surface area contributed by atoms with Gasteiger partial charge in [-0.25, -0.2) is 9.97 Å². The van der Waals surface area contributed by atoms with Crippen LogP contribution in [0.15, 0.2) is 17.0 Å². The lowest BCUT2D eigenvalue weighted by Gasteiger charge is -2.34. The SMILES string of the molecule is CC1(Nc2ncncc2Br)CCCOC1. The minimum absolute atomic E-state index is 0.0187. The van der Waals surface area contributed by atoms with Crippen molar-refractivity contribution in [3.63, 3.8) is 0 Å². The molecule has 1 aromatic rings. The fourth-order valence-electron chi connectivity index (χ4n) is 1.72. The van der Waals surface area contributed by atoms with Gasteiger partial charge in [-0.1, -0.05) is 0 Å². The van der Waals surface area contributed by atoms with E-state index in [0.29, 0.717) is 0 Å². The molecule has 82 valence electrons. The summed E-state index contributed by atoms with van der Waals surface area (Å²) in [6.07, 6.45) is 5.47. The Morgan fingerprint density at radius 3 is 3.13 bits per heavy atom. The van der Waals surface area contributed by atoms with Crippen LogP contribution >= 0.6 is 15.9 Å². The molecular formula is C10H14BrN3O. The fraction of sp³-hybridized carbons (Fsp3) is 0.600. The summed E-state index contributed by atoms with van der Waals surface area (Å²) in [4.78, 5) is 8.12. The first-order valence-corrected chi connectivity index (χ1v) is 5.80. The predicted octanol–water partition coefficient (Wildman–Crippen LogP) is 2.22. The van der Waals surface area contributed by atoms with E-state index in [9.17, 15) is 0 Å². The van der Waals surface area contributed by atoms with Crippen molar-refractivity contribution in [2.45, 2.75) is 25.3 Å². The number of halogens is 1. The molecular weight excluding hydrogens is 258 g/mol. The topological polar surface area (TPSA) is 47.0 Å². The molecule has 0 spiro atoms. The first-order valence-electron chi connectivity index (χ1n) is 5.01. The van der Waals surface area contributed by atoms with E-state index in [0.717, 1.165) is 36.3 Å². The second kappa shape index (κ2) is 4.45. The van der Waals surface area contributed by atoms with Gasteiger partial charge in [0.25, 0.3) is 0 Å². The highest BCUT2D eigenvalue weighted by Gasteiger charge is 2.28. The van der Waals surface area contributed by atoms with Gasteiger partial charge < -0.3 is 10.1 Å². The largest absolute Gasteiger partial charge is 0.379 e. The summed E-state index contributed by atoms with van der Waals surface area (Å²) in [5, 5.41) is 3.40. The van der Waals surface area contributed by atoms with Crippen LogP contribution in [0.3, 0.4) is 0 Å². The van der Waals surface area contributed by atoms with Crippen LogP contribution in [-0.2, 0) is 4.74 Å². The maximum Gasteiger partial charge on any atom is 0.144 e. The van der Waals surface area contributed by atoms with E-state index >= 15 is 0 Å². The quantitative estimate of drug-likeness (QED) is 0.896. The number of nitrogens with zero attached hydrogens (tertiary/aromatic N) is 2. The van der Waals surface area contributed by atoms with E-state index in [4.69, 9.17) is 4.74 Å². The van der Waals surface area contributed by atoms with Crippen molar-refractivity contribution in [2.24, 2.45) is 0 Å². The van der Waals surface area contributed by atoms with E-state index in [-0.39, 0.29) is 5.54 Å². The Bertz CT molecular complexity index is 339. The molecule has 1 fully saturated rings. The smallest absolute Gasteiger partial charge is 0.144 e. The fourth-order valence-corrected chi connectivity index (χ4v) is 2.04. The van der Waals surface area contributed by atoms with Gasteiger partial charge in [0.15, 0.2) is 0 Å². The Morgan fingerprint density at radius 2 is 2.47 bits per heavy atom. The van der Waals surface area contributed by atoms with Crippen LogP contribution in [0.2, 0.25) is 0 Å². The van der Waals surface area contributed by atoms with Crippen molar-refractivity contribution in [3.05, 3.63) is 17.0 Å². The molecule has 0 amide bonds. The highest BCUT2D eigenvalue weighted by atomic mass is 79.9. The van der Waals surface area contributed by atoms with E-state index in [1.54, 1.807) is 12.5 Å². The Kier molecular flexibility index (Phi) is 3.21. The van der Waals surface area contributed by atoms with Crippen LogP contribution in [0.5, 0.6) is 0 Å². The lowest BCUT2D eigenvalue weighted by molar-refractivity contribution is 0.0538. The third kappa shape index (κ3) is 2.66. The van der Waals surface area contributed by atoms with Crippen molar-refractivity contribution in [1.29, 1.82) is 0 Å². The monoisotopic (exact) mass is 271 g/mol. The van der Waals surface area contributed by atoms with E-state index < -0.39 is 0 Å². The average Bonchev–Trinajstić information content (AvgIpc) is 2.22. The zero-order valence-electron chi connectivity index (χ0n) is 8.66. The van der Waals surface area contributed by atoms with Crippen LogP contribution in [0.25, 0.3) is 0 Å². The number of aromatic nitrogens is 2. The molecule has 1 saturated heterocycles. The second-order valence-corrected chi connectivity index (χ2v) is 4.92. The molecule has 1 N–H and O–H groups in total. The number of hydrogen-bond acceptors (Lipinski definition) is 4. The summed E-state index contributed by atoms with van der Waals surface area (Å²) in [7, 11) is 0. The van der Waals surface area contributed by atoms with Crippen molar-refractivity contribution in [2.75, 3.05) is 18.5 Å². The van der Waals surface area contributed by atoms with Gasteiger partial charge in [0.1, 0.15) is 12.1 Å². The third-order valence-electron chi connectivity index (χ3n) is 2.53. The molecule has 0 aromatic carbocycles. The molecule has 4 nitrogen and oxygen atoms in total. The number of rotatable bonds is 2. The number of ether oxygens (including phenoxy) is 1. The second-order valence-electron chi connectivity index (χ2n) is 4.06. The van der Waals surface area contributed by atoms with Gasteiger partial charge in [-0.05, 0) is 35.7 Å². The Labute approximate surface area is 97.6 Å². The lowest BCUT2D eigenvalue weighted by Crippen LogP contribution is -2.43. The zero-order chi connectivity index (χ0) is 10.7. The average molecular weight is 272 g/mol. The number of anilines is 1. The third-order valence-corrected chi connectivity index (χ3v) is 3.11. The summed E-state index contributed by atoms with van der Waals surface area (Å²) in [6, 6.07) is 0. The summed E-state index contributed by atoms with van der Waals surface area (Å²) in [5.74, 6) is 0.831. The minimum Gasteiger partial charge on any atom is -0.379 e. The highest BCUT2D eigenvalue weighted by molar-refractivity contribution is 9.10. The molecule has 2 rings (SSSR count). The van der Waals surface area contributed by atoms with Gasteiger partial charge in [-0.3, -0.25) is 0 Å². The molecule has 0 saturated carbocycles. The molecule has 1 aromatic heterocycles. The molecule has 15 heavy (non-hydrogen) atoms. The number of hydrogen-bond donors (Lipinski definition) is 1. The van der Waals surface area contributed by atoms with Crippen LogP contribution < -0.4 is 5.32 Å². The first kappa shape index (κ1) is 10.8. The predicted molar refractivity (Wildman–Crippen MR) is 61.8 cm³/mol. The summed E-state index contributed by atoms with van der Waals surface area (Å²) < 4.78 is 6.36. The van der Waals surface area contributed by atoms with Gasteiger partial charge in [-0.2, -0.15) is 0 Å². The normalized spacial score (nSPS) is 26.3. The van der Waals surface area contributed by atoms with Crippen LogP contribution in [0.1, 0.15) is 19.8 Å². The zero-order valence-corrected chi connectivity index (χ0v) is 10.2. The van der Waals surface area contributed by atoms with Gasteiger partial charge in [-0.15, -0.1) is 0 Å². The van der Waals surface area contributed by atoms with Gasteiger partial charge in [0, 0.05) is 12.8 Å². The maximum atomic E-state index is 5.48. The van der Waals surface area contributed by atoms with Gasteiger partial charge >= 0.3 is 0 Å². The van der Waals surface area contributed by atoms with E-state index in [2.05, 4.69) is 38.1 Å². The molecule has 1 atom stereocenters. The first-order chi connectivity index (χ1) is 7.20. The van der Waals surface area contributed by atoms with Crippen molar-refractivity contribution in [1.82, 2.24) is 9.97 Å². The van der Waals surface area contributed by atoms with E-state index in [1.807, 2.05) is 0 Å². The van der Waals surface area contributed by atoms with Crippen LogP contribution in [0, 0.1) is 0 Å². The van der Waals surface area contributed by atoms with E-state index in [1.165, 1.54) is 0 Å². The molecule has 1 unspecified atom stereocenters. The molecule has 1 aliphatic heterocycles. The van der Waals surface area contributed by atoms with Gasteiger partial charge in [0.05, 0.1) is 16.6 Å². The molecule has 5 heteroatoms. The Hall–Kier alpha value is -0.680. The van der Waals surface area contributed by atoms with Crippen LogP contribution in [0.4, 0.5) is 5.82 Å². The Balaban J connectivity index is 2.10. The molecule has 2 heterocycles. The summed E-state index contributed by atoms with van der Waals surface area (Å²) in [6.45, 7) is 3.74. The van der Waals surface area contributed by atoms with Crippen LogP contribution in [-0.4, -0.2) is 28.7 Å².